The molecule has 0 spiro atoms. The number of rotatable bonds is 4. The first-order valence-corrected chi connectivity index (χ1v) is 7.46. The van der Waals surface area contributed by atoms with Crippen molar-refractivity contribution in [2.45, 2.75) is 38.1 Å². The van der Waals surface area contributed by atoms with Crippen molar-refractivity contribution >= 4 is 29.9 Å². The van der Waals surface area contributed by atoms with E-state index < -0.39 is 11.7 Å². The number of hydrogen-bond donors (Lipinski definition) is 2. The van der Waals surface area contributed by atoms with Gasteiger partial charge in [-0.05, 0) is 30.9 Å². The highest BCUT2D eigenvalue weighted by atomic mass is 35.5. The molecule has 0 saturated heterocycles. The van der Waals surface area contributed by atoms with Gasteiger partial charge < -0.3 is 11.1 Å². The minimum atomic E-state index is -0.675. The Morgan fingerprint density at radius 3 is 2.67 bits per heavy atom. The number of halogens is 3. The summed E-state index contributed by atoms with van der Waals surface area (Å²) in [5, 5.41) is 2.82. The highest BCUT2D eigenvalue weighted by molar-refractivity contribution is 6.31. The zero-order chi connectivity index (χ0) is 14.5. The third-order valence-electron chi connectivity index (χ3n) is 3.99. The average molecular weight is 335 g/mol. The van der Waals surface area contributed by atoms with Crippen LogP contribution in [0.2, 0.25) is 5.02 Å². The number of amides is 1. The van der Waals surface area contributed by atoms with E-state index in [-0.39, 0.29) is 29.0 Å². The van der Waals surface area contributed by atoms with Gasteiger partial charge in [0.1, 0.15) is 0 Å². The Morgan fingerprint density at radius 2 is 2.05 bits per heavy atom. The van der Waals surface area contributed by atoms with Crippen LogP contribution in [0.3, 0.4) is 0 Å². The lowest BCUT2D eigenvalue weighted by Crippen LogP contribution is -2.46. The highest BCUT2D eigenvalue weighted by Crippen LogP contribution is 2.26. The van der Waals surface area contributed by atoms with Gasteiger partial charge in [-0.2, -0.15) is 0 Å². The maximum absolute atomic E-state index is 13.8. The molecule has 0 bridgehead atoms. The summed E-state index contributed by atoms with van der Waals surface area (Å²) in [6.45, 7) is 0.374. The Morgan fingerprint density at radius 1 is 1.38 bits per heavy atom. The predicted molar refractivity (Wildman–Crippen MR) is 85.5 cm³/mol. The summed E-state index contributed by atoms with van der Waals surface area (Å²) in [5.41, 5.74) is 5.74. The van der Waals surface area contributed by atoms with E-state index in [2.05, 4.69) is 5.32 Å². The monoisotopic (exact) mass is 334 g/mol. The molecule has 1 aromatic rings. The number of carbonyl (C=O) groups excluding carboxylic acids is 1. The van der Waals surface area contributed by atoms with Gasteiger partial charge in [0.25, 0.3) is 5.91 Å². The number of nitrogens with one attached hydrogen (secondary N) is 1. The van der Waals surface area contributed by atoms with Crippen LogP contribution < -0.4 is 11.1 Å². The molecule has 1 aromatic carbocycles. The molecular formula is C15H21Cl2FN2O. The number of carbonyl (C=O) groups is 1. The lowest BCUT2D eigenvalue weighted by atomic mass is 9.84. The van der Waals surface area contributed by atoms with E-state index in [9.17, 15) is 9.18 Å². The van der Waals surface area contributed by atoms with Crippen molar-refractivity contribution < 1.29 is 9.18 Å². The van der Waals surface area contributed by atoms with Crippen LogP contribution in [0.25, 0.3) is 0 Å². The average Bonchev–Trinajstić information content (AvgIpc) is 2.48. The van der Waals surface area contributed by atoms with E-state index in [1.807, 2.05) is 0 Å². The molecule has 1 saturated carbocycles. The van der Waals surface area contributed by atoms with Gasteiger partial charge in [0.15, 0.2) is 5.82 Å². The Hall–Kier alpha value is -0.840. The molecule has 1 aliphatic rings. The summed E-state index contributed by atoms with van der Waals surface area (Å²) >= 11 is 5.70. The van der Waals surface area contributed by atoms with Crippen LogP contribution in [0.1, 0.15) is 42.5 Å². The van der Waals surface area contributed by atoms with Crippen LogP contribution in [-0.2, 0) is 0 Å². The molecule has 0 aliphatic heterocycles. The second-order valence-electron chi connectivity index (χ2n) is 5.32. The molecule has 3 N–H and O–H groups in total. The van der Waals surface area contributed by atoms with Crippen molar-refractivity contribution in [1.82, 2.24) is 5.32 Å². The Kier molecular flexibility index (Phi) is 7.43. The summed E-state index contributed by atoms with van der Waals surface area (Å²) < 4.78 is 13.8. The van der Waals surface area contributed by atoms with Crippen LogP contribution >= 0.6 is 24.0 Å². The molecule has 3 nitrogen and oxygen atoms in total. The number of hydrogen-bond acceptors (Lipinski definition) is 2. The van der Waals surface area contributed by atoms with E-state index in [1.54, 1.807) is 6.07 Å². The maximum Gasteiger partial charge on any atom is 0.254 e. The van der Waals surface area contributed by atoms with Crippen molar-refractivity contribution in [3.8, 4) is 0 Å². The summed E-state index contributed by atoms with van der Waals surface area (Å²) in [6, 6.07) is 4.33. The fourth-order valence-corrected chi connectivity index (χ4v) is 3.01. The van der Waals surface area contributed by atoms with Crippen molar-refractivity contribution in [2.75, 3.05) is 6.54 Å². The van der Waals surface area contributed by atoms with Gasteiger partial charge >= 0.3 is 0 Å². The van der Waals surface area contributed by atoms with Gasteiger partial charge in [-0.1, -0.05) is 36.9 Å². The highest BCUT2D eigenvalue weighted by Gasteiger charge is 2.25. The molecule has 1 atom stereocenters. The number of benzene rings is 1. The molecular weight excluding hydrogens is 314 g/mol. The topological polar surface area (TPSA) is 55.1 Å². The van der Waals surface area contributed by atoms with E-state index in [4.69, 9.17) is 17.3 Å². The molecule has 1 aliphatic carbocycles. The van der Waals surface area contributed by atoms with Gasteiger partial charge in [0, 0.05) is 12.6 Å². The third kappa shape index (κ3) is 4.56. The molecule has 118 valence electrons. The fourth-order valence-electron chi connectivity index (χ4n) is 2.83. The summed E-state index contributed by atoms with van der Waals surface area (Å²) in [7, 11) is 0. The van der Waals surface area contributed by atoms with Crippen LogP contribution in [0.4, 0.5) is 4.39 Å². The van der Waals surface area contributed by atoms with Crippen molar-refractivity contribution in [1.29, 1.82) is 0 Å². The molecule has 2 rings (SSSR count). The molecule has 1 amide bonds. The smallest absolute Gasteiger partial charge is 0.254 e. The first-order valence-electron chi connectivity index (χ1n) is 7.08. The fraction of sp³-hybridized carbons (Fsp3) is 0.533. The summed E-state index contributed by atoms with van der Waals surface area (Å²) in [5.74, 6) is -0.725. The lowest BCUT2D eigenvalue weighted by molar-refractivity contribution is 0.0911. The van der Waals surface area contributed by atoms with E-state index in [0.29, 0.717) is 12.5 Å². The van der Waals surface area contributed by atoms with Crippen LogP contribution in [-0.4, -0.2) is 18.5 Å². The normalized spacial score (nSPS) is 16.9. The van der Waals surface area contributed by atoms with Gasteiger partial charge in [0.05, 0.1) is 10.6 Å². The largest absolute Gasteiger partial charge is 0.348 e. The van der Waals surface area contributed by atoms with Crippen LogP contribution in [0.5, 0.6) is 0 Å². The van der Waals surface area contributed by atoms with Gasteiger partial charge in [-0.25, -0.2) is 4.39 Å². The van der Waals surface area contributed by atoms with Crippen molar-refractivity contribution in [3.63, 3.8) is 0 Å². The molecule has 1 fully saturated rings. The van der Waals surface area contributed by atoms with Crippen LogP contribution in [0, 0.1) is 11.7 Å². The molecule has 6 heteroatoms. The zero-order valence-electron chi connectivity index (χ0n) is 11.8. The Labute approximate surface area is 135 Å². The molecule has 0 radical (unpaired) electrons. The summed E-state index contributed by atoms with van der Waals surface area (Å²) in [4.78, 5) is 12.2. The molecule has 0 heterocycles. The predicted octanol–water partition coefficient (Wildman–Crippen LogP) is 3.54. The van der Waals surface area contributed by atoms with Crippen molar-refractivity contribution in [2.24, 2.45) is 11.7 Å². The number of nitrogens with two attached hydrogens (primary N) is 1. The first kappa shape index (κ1) is 18.2. The minimum absolute atomic E-state index is 0. The zero-order valence-corrected chi connectivity index (χ0v) is 13.4. The third-order valence-corrected chi connectivity index (χ3v) is 4.28. The quantitative estimate of drug-likeness (QED) is 0.884. The first-order chi connectivity index (χ1) is 9.63. The van der Waals surface area contributed by atoms with Crippen LogP contribution in [0.15, 0.2) is 18.2 Å². The standard InChI is InChI=1S/C15H20ClFN2O.ClH/c16-12-8-4-7-11(14(12)17)15(20)19-13(9-18)10-5-2-1-3-6-10;/h4,7-8,10,13H,1-3,5-6,9,18H2,(H,19,20);1H. The van der Waals surface area contributed by atoms with Gasteiger partial charge in [0.2, 0.25) is 0 Å². The SMILES string of the molecule is Cl.NCC(NC(=O)c1cccc(Cl)c1F)C1CCCCC1. The van der Waals surface area contributed by atoms with Crippen molar-refractivity contribution in [3.05, 3.63) is 34.6 Å². The molecule has 0 aromatic heterocycles. The summed E-state index contributed by atoms with van der Waals surface area (Å²) in [6.07, 6.45) is 5.72. The maximum atomic E-state index is 13.8. The second kappa shape index (κ2) is 8.57. The molecule has 1 unspecified atom stereocenters. The minimum Gasteiger partial charge on any atom is -0.348 e. The Bertz CT molecular complexity index is 479. The second-order valence-corrected chi connectivity index (χ2v) is 5.72. The Balaban J connectivity index is 0.00000220. The van der Waals surface area contributed by atoms with Gasteiger partial charge in [-0.15, -0.1) is 12.4 Å². The van der Waals surface area contributed by atoms with Gasteiger partial charge in [-0.3, -0.25) is 4.79 Å². The molecule has 21 heavy (non-hydrogen) atoms. The lowest BCUT2D eigenvalue weighted by Gasteiger charge is -2.30. The van der Waals surface area contributed by atoms with E-state index in [0.717, 1.165) is 12.8 Å². The van der Waals surface area contributed by atoms with E-state index >= 15 is 0 Å². The van der Waals surface area contributed by atoms with E-state index in [1.165, 1.54) is 31.4 Å².